The molecule has 0 unspecified atom stereocenters. The molecule has 4 heteroatoms. The number of benzene rings is 3. The molecule has 3 aromatic rings. The smallest absolute Gasteiger partial charge is 0.168 e. The summed E-state index contributed by atoms with van der Waals surface area (Å²) >= 11 is 0. The molecule has 3 N–H and O–H groups in total. The van der Waals surface area contributed by atoms with Gasteiger partial charge in [0.05, 0.1) is 22.7 Å². The summed E-state index contributed by atoms with van der Waals surface area (Å²) < 4.78 is 0. The molecule has 0 aromatic heterocycles. The quantitative estimate of drug-likeness (QED) is 0.373. The van der Waals surface area contributed by atoms with Gasteiger partial charge in [0.25, 0.3) is 0 Å². The number of Topliss-reactive ketones (excluding diaryl/α,β-unsaturated/α-hetero) is 1. The van der Waals surface area contributed by atoms with Crippen molar-refractivity contribution in [2.24, 2.45) is 4.99 Å². The molecule has 0 saturated heterocycles. The topological polar surface area (TPSA) is 75.7 Å². The van der Waals surface area contributed by atoms with Crippen molar-refractivity contribution < 1.29 is 9.90 Å². The number of aliphatic hydroxyl groups excluding tert-OH is 1. The monoisotopic (exact) mass is 370 g/mol. The van der Waals surface area contributed by atoms with E-state index in [9.17, 15) is 9.90 Å². The Morgan fingerprint density at radius 3 is 2.57 bits per heavy atom. The summed E-state index contributed by atoms with van der Waals surface area (Å²) in [5.74, 6) is 0.0199. The Bertz CT molecular complexity index is 1110. The van der Waals surface area contributed by atoms with E-state index in [1.54, 1.807) is 6.07 Å². The molecule has 1 saturated carbocycles. The lowest BCUT2D eigenvalue weighted by molar-refractivity contribution is -0.115. The zero-order valence-electron chi connectivity index (χ0n) is 15.6. The molecule has 0 heterocycles. The van der Waals surface area contributed by atoms with Crippen molar-refractivity contribution in [3.63, 3.8) is 0 Å². The van der Waals surface area contributed by atoms with Crippen LogP contribution in [0, 0.1) is 0 Å². The highest BCUT2D eigenvalue weighted by molar-refractivity contribution is 6.24. The molecule has 140 valence electrons. The number of aliphatic hydroxyl groups is 1. The van der Waals surface area contributed by atoms with E-state index in [4.69, 9.17) is 5.73 Å². The van der Waals surface area contributed by atoms with E-state index in [-0.39, 0.29) is 11.5 Å². The summed E-state index contributed by atoms with van der Waals surface area (Å²) in [5.41, 5.74) is 9.15. The molecule has 28 heavy (non-hydrogen) atoms. The van der Waals surface area contributed by atoms with Crippen molar-refractivity contribution >= 4 is 33.6 Å². The number of hydrogen-bond acceptors (Lipinski definition) is 4. The first-order chi connectivity index (χ1) is 13.6. The third-order valence-corrected chi connectivity index (χ3v) is 5.10. The predicted molar refractivity (Wildman–Crippen MR) is 114 cm³/mol. The van der Waals surface area contributed by atoms with Gasteiger partial charge in [-0.1, -0.05) is 54.6 Å². The molecule has 1 aliphatic carbocycles. The number of nitrogen functional groups attached to an aromatic ring is 1. The van der Waals surface area contributed by atoms with Crippen LogP contribution in [0.2, 0.25) is 0 Å². The first-order valence-corrected chi connectivity index (χ1v) is 9.48. The first kappa shape index (κ1) is 18.0. The molecule has 0 bridgehead atoms. The Morgan fingerprint density at radius 1 is 0.964 bits per heavy atom. The SMILES string of the molecule is Nc1ccccc1N=C1CCCC(=O)C1=C(O)Cc1cccc2ccccc12. The average Bonchev–Trinajstić information content (AvgIpc) is 2.70. The van der Waals surface area contributed by atoms with Crippen LogP contribution in [0.3, 0.4) is 0 Å². The average molecular weight is 370 g/mol. The standard InChI is InChI=1S/C24H22N2O2/c25-19-11-3-4-12-20(19)26-21-13-6-14-22(27)24(21)23(28)15-17-9-5-8-16-7-1-2-10-18(16)17/h1-5,7-12,28H,6,13-15,25H2. The molecular weight excluding hydrogens is 348 g/mol. The number of fused-ring (bicyclic) bond motifs is 1. The molecular formula is C24H22N2O2. The normalized spacial score (nSPS) is 17.9. The maximum absolute atomic E-state index is 12.6. The van der Waals surface area contributed by atoms with Gasteiger partial charge in [0.15, 0.2) is 5.78 Å². The third-order valence-electron chi connectivity index (χ3n) is 5.10. The van der Waals surface area contributed by atoms with Crippen LogP contribution in [0.15, 0.2) is 83.1 Å². The van der Waals surface area contributed by atoms with Crippen LogP contribution in [-0.2, 0) is 11.2 Å². The predicted octanol–water partition coefficient (Wildman–Crippen LogP) is 5.30. The molecule has 4 nitrogen and oxygen atoms in total. The second-order valence-electron chi connectivity index (χ2n) is 7.03. The molecule has 1 fully saturated rings. The van der Waals surface area contributed by atoms with Crippen molar-refractivity contribution in [1.29, 1.82) is 0 Å². The highest BCUT2D eigenvalue weighted by Crippen LogP contribution is 2.29. The third kappa shape index (κ3) is 3.54. The number of allylic oxidation sites excluding steroid dienone is 2. The van der Waals surface area contributed by atoms with Crippen LogP contribution >= 0.6 is 0 Å². The lowest BCUT2D eigenvalue weighted by Gasteiger charge is -2.18. The van der Waals surface area contributed by atoms with E-state index in [0.29, 0.717) is 41.9 Å². The number of rotatable bonds is 3. The molecule has 1 aliphatic rings. The second kappa shape index (κ2) is 7.69. The van der Waals surface area contributed by atoms with Gasteiger partial charge >= 0.3 is 0 Å². The molecule has 0 atom stereocenters. The van der Waals surface area contributed by atoms with Gasteiger partial charge in [-0.15, -0.1) is 0 Å². The lowest BCUT2D eigenvalue weighted by atomic mass is 9.88. The number of carbonyl (C=O) groups excluding carboxylic acids is 1. The van der Waals surface area contributed by atoms with Gasteiger partial charge < -0.3 is 10.8 Å². The van der Waals surface area contributed by atoms with E-state index in [1.807, 2.05) is 60.7 Å². The van der Waals surface area contributed by atoms with Crippen molar-refractivity contribution in [2.75, 3.05) is 5.73 Å². The van der Waals surface area contributed by atoms with Crippen LogP contribution in [0.25, 0.3) is 10.8 Å². The van der Waals surface area contributed by atoms with Gasteiger partial charge in [-0.3, -0.25) is 9.79 Å². The Kier molecular flexibility index (Phi) is 4.94. The maximum Gasteiger partial charge on any atom is 0.168 e. The fraction of sp³-hybridized carbons (Fsp3) is 0.167. The Labute approximate surface area is 164 Å². The summed E-state index contributed by atoms with van der Waals surface area (Å²) in [5, 5.41) is 13.1. The van der Waals surface area contributed by atoms with Gasteiger partial charge in [0.1, 0.15) is 5.76 Å². The van der Waals surface area contributed by atoms with Crippen LogP contribution < -0.4 is 5.73 Å². The summed E-state index contributed by atoms with van der Waals surface area (Å²) in [4.78, 5) is 17.3. The maximum atomic E-state index is 12.6. The van der Waals surface area contributed by atoms with Gasteiger partial charge in [0.2, 0.25) is 0 Å². The highest BCUT2D eigenvalue weighted by atomic mass is 16.3. The Balaban J connectivity index is 1.77. The van der Waals surface area contributed by atoms with Gasteiger partial charge in [-0.25, -0.2) is 0 Å². The lowest BCUT2D eigenvalue weighted by Crippen LogP contribution is -2.21. The van der Waals surface area contributed by atoms with Crippen molar-refractivity contribution in [3.05, 3.63) is 83.6 Å². The Hall–Kier alpha value is -3.40. The summed E-state index contributed by atoms with van der Waals surface area (Å²) in [6, 6.07) is 21.3. The van der Waals surface area contributed by atoms with E-state index < -0.39 is 0 Å². The number of aliphatic imine (C=N–C) groups is 1. The zero-order valence-corrected chi connectivity index (χ0v) is 15.6. The summed E-state index contributed by atoms with van der Waals surface area (Å²) in [6.07, 6.45) is 2.11. The number of anilines is 1. The van der Waals surface area contributed by atoms with E-state index in [2.05, 4.69) is 4.99 Å². The number of para-hydroxylation sites is 2. The zero-order chi connectivity index (χ0) is 19.5. The fourth-order valence-electron chi connectivity index (χ4n) is 3.72. The largest absolute Gasteiger partial charge is 0.511 e. The number of carbonyl (C=O) groups is 1. The minimum Gasteiger partial charge on any atom is -0.511 e. The molecule has 4 rings (SSSR count). The van der Waals surface area contributed by atoms with Gasteiger partial charge in [-0.05, 0) is 41.3 Å². The Morgan fingerprint density at radius 2 is 1.71 bits per heavy atom. The van der Waals surface area contributed by atoms with Crippen molar-refractivity contribution in [1.82, 2.24) is 0 Å². The van der Waals surface area contributed by atoms with Gasteiger partial charge in [0, 0.05) is 12.8 Å². The van der Waals surface area contributed by atoms with Crippen LogP contribution in [0.4, 0.5) is 11.4 Å². The summed E-state index contributed by atoms with van der Waals surface area (Å²) in [7, 11) is 0. The minimum atomic E-state index is -0.0581. The fourth-order valence-corrected chi connectivity index (χ4v) is 3.72. The number of hydrogen-bond donors (Lipinski definition) is 2. The molecule has 0 spiro atoms. The minimum absolute atomic E-state index is 0.0581. The highest BCUT2D eigenvalue weighted by Gasteiger charge is 2.26. The van der Waals surface area contributed by atoms with Crippen LogP contribution in [0.5, 0.6) is 0 Å². The first-order valence-electron chi connectivity index (χ1n) is 9.48. The van der Waals surface area contributed by atoms with Crippen molar-refractivity contribution in [3.8, 4) is 0 Å². The van der Waals surface area contributed by atoms with Gasteiger partial charge in [-0.2, -0.15) is 0 Å². The van der Waals surface area contributed by atoms with Crippen molar-refractivity contribution in [2.45, 2.75) is 25.7 Å². The summed E-state index contributed by atoms with van der Waals surface area (Å²) in [6.45, 7) is 0. The van der Waals surface area contributed by atoms with E-state index in [1.165, 1.54) is 0 Å². The number of nitrogens with two attached hydrogens (primary N) is 1. The molecule has 0 amide bonds. The molecule has 0 radical (unpaired) electrons. The van der Waals surface area contributed by atoms with E-state index >= 15 is 0 Å². The molecule has 0 aliphatic heterocycles. The second-order valence-corrected chi connectivity index (χ2v) is 7.03. The van der Waals surface area contributed by atoms with Crippen LogP contribution in [-0.4, -0.2) is 16.6 Å². The number of nitrogens with zero attached hydrogens (tertiary/aromatic N) is 1. The number of ketones is 1. The van der Waals surface area contributed by atoms with E-state index in [0.717, 1.165) is 22.8 Å². The van der Waals surface area contributed by atoms with Crippen LogP contribution in [0.1, 0.15) is 24.8 Å². The molecule has 3 aromatic carbocycles.